The first-order valence-corrected chi connectivity index (χ1v) is 37.5. The van der Waals surface area contributed by atoms with Gasteiger partial charge in [-0.15, -0.1) is 0 Å². The molecule has 2 aliphatic heterocycles. The quantitative estimate of drug-likeness (QED) is 0.135. The van der Waals surface area contributed by atoms with E-state index in [4.69, 9.17) is 6.85 Å². The van der Waals surface area contributed by atoms with E-state index < -0.39 is 214 Å². The first kappa shape index (κ1) is 45.0. The van der Waals surface area contributed by atoms with E-state index in [-0.39, 0.29) is 94.3 Å². The van der Waals surface area contributed by atoms with Gasteiger partial charge in [-0.1, -0.05) is 247 Å². The molecule has 0 saturated carbocycles. The highest BCUT2D eigenvalue weighted by Gasteiger charge is 2.45. The summed E-state index contributed by atoms with van der Waals surface area (Å²) >= 11 is 0. The van der Waals surface area contributed by atoms with Crippen molar-refractivity contribution in [1.82, 2.24) is 18.3 Å². The van der Waals surface area contributed by atoms with Crippen LogP contribution in [0.15, 0.2) is 345 Å². The molecule has 0 unspecified atom stereocenters. The van der Waals surface area contributed by atoms with Crippen LogP contribution >= 0.6 is 0 Å². The highest BCUT2D eigenvalue weighted by Crippen LogP contribution is 2.52. The zero-order valence-electron chi connectivity index (χ0n) is 89.5. The summed E-state index contributed by atoms with van der Waals surface area (Å²) in [7, 11) is 0. The Morgan fingerprint density at radius 3 is 1.29 bits per heavy atom. The number of aromatic nitrogens is 4. The number of nitriles is 2. The molecule has 0 aliphatic carbocycles. The molecule has 8 nitrogen and oxygen atoms in total. The molecule has 0 saturated heterocycles. The van der Waals surface area contributed by atoms with Gasteiger partial charge in [0.15, 0.2) is 0 Å². The fraction of sp³-hybridized carbons (Fsp3) is 0.0755. The number of rotatable bonds is 9. The summed E-state index contributed by atoms with van der Waals surface area (Å²) < 4.78 is 266. The average molecular weight is 1500 g/mol. The number of anilines is 6. The molecule has 0 bridgehead atoms. The molecule has 6 heterocycles. The van der Waals surface area contributed by atoms with Crippen molar-refractivity contribution >= 4 is 144 Å². The zero-order chi connectivity index (χ0) is 101. The maximum Gasteiger partial charge on any atom is 0.252 e. The van der Waals surface area contributed by atoms with Crippen LogP contribution in [0.1, 0.15) is 101 Å². The fourth-order valence-corrected chi connectivity index (χ4v) is 17.2. The van der Waals surface area contributed by atoms with Crippen molar-refractivity contribution < 1.29 is 37.0 Å². The molecule has 9 heteroatoms. The normalized spacial score (nSPS) is 16.0. The van der Waals surface area contributed by atoms with Crippen LogP contribution in [0.4, 0.5) is 34.1 Å². The largest absolute Gasteiger partial charge is 0.311 e. The topological polar surface area (TPSA) is 73.8 Å². The second kappa shape index (κ2) is 25.4. The van der Waals surface area contributed by atoms with Gasteiger partial charge in [-0.3, -0.25) is 0 Å². The van der Waals surface area contributed by atoms with Crippen LogP contribution in [0.25, 0.3) is 143 Å². The van der Waals surface area contributed by atoms with Crippen LogP contribution in [0.3, 0.4) is 0 Å². The molecular formula is C106H75BN8. The van der Waals surface area contributed by atoms with E-state index in [1.165, 1.54) is 27.3 Å². The Bertz CT molecular complexity index is 9030. The maximum absolute atomic E-state index is 13.1. The van der Waals surface area contributed by atoms with E-state index in [0.29, 0.717) is 44.6 Å². The van der Waals surface area contributed by atoms with E-state index in [0.717, 1.165) is 48.6 Å². The molecule has 0 atom stereocenters. The number of benzene rings is 16. The van der Waals surface area contributed by atoms with E-state index in [1.807, 2.05) is 91.0 Å². The minimum Gasteiger partial charge on any atom is -0.311 e. The van der Waals surface area contributed by atoms with Crippen LogP contribution in [0, 0.1) is 22.7 Å². The summed E-state index contributed by atoms with van der Waals surface area (Å²) in [6, 6.07) is 40.9. The molecule has 0 amide bonds. The van der Waals surface area contributed by atoms with Crippen molar-refractivity contribution in [3.8, 4) is 68.3 Å². The lowest BCUT2D eigenvalue weighted by atomic mass is 9.33. The summed E-state index contributed by atoms with van der Waals surface area (Å²) in [4.78, 5) is 3.69. The lowest BCUT2D eigenvalue weighted by Crippen LogP contribution is -2.61. The Morgan fingerprint density at radius 2 is 0.757 bits per heavy atom. The minimum absolute atomic E-state index is 0.0360. The van der Waals surface area contributed by atoms with E-state index in [2.05, 4.69) is 106 Å². The van der Waals surface area contributed by atoms with E-state index >= 15 is 0 Å². The zero-order valence-corrected chi connectivity index (χ0v) is 62.5. The Morgan fingerprint density at radius 1 is 0.287 bits per heavy atom. The minimum atomic E-state index is -1.12. The first-order chi connectivity index (χ1) is 67.5. The van der Waals surface area contributed by atoms with E-state index in [9.17, 15) is 40.7 Å². The molecule has 542 valence electrons. The van der Waals surface area contributed by atoms with Gasteiger partial charge < -0.3 is 28.1 Å². The van der Waals surface area contributed by atoms with Crippen molar-refractivity contribution in [3.63, 3.8) is 0 Å². The maximum atomic E-state index is 13.1. The predicted molar refractivity (Wildman–Crippen MR) is 481 cm³/mol. The molecule has 0 fully saturated rings. The Hall–Kier alpha value is -14.6. The summed E-state index contributed by atoms with van der Waals surface area (Å²) in [5.41, 5.74) is 4.13. The van der Waals surface area contributed by atoms with Crippen LogP contribution in [-0.4, -0.2) is 25.0 Å². The Balaban J connectivity index is 0.965. The van der Waals surface area contributed by atoms with Crippen molar-refractivity contribution in [3.05, 3.63) is 367 Å². The van der Waals surface area contributed by atoms with Crippen LogP contribution in [-0.2, 0) is 10.8 Å². The molecule has 0 N–H and O–H groups in total. The SMILES string of the molecule is [2H]c1c([2H])c([2H])c(-c2c([2H])c([2H])c3c4c([2H])c(C#N)c([2H])c([2H])c4n(-c4cccc(N5c6cc(-n7c8c([2H])c([2H])c([2H])c([2H])c8c8c([2H])c([2H])c([2H])c([2H])c87)ccc6B6c7ccc(-n8c9ccc(C(C)(C)C)cc9c9cc(C(C)(C)C)ccc98)cc7N(c7cc(-c8ccccc8)cc(-c8ccccc8)c7)c7cc(-n8c9c([2H])c([2H])c([2H])c([2H])c9c9c([2H])c([2H])c([2H])c([2H])c98)cc5c76)c4C#N)c3c2[2H])c([2H])c1[2H]. The van der Waals surface area contributed by atoms with Crippen LogP contribution in [0.2, 0.25) is 0 Å². The van der Waals surface area contributed by atoms with Crippen LogP contribution < -0.4 is 26.2 Å². The smallest absolute Gasteiger partial charge is 0.252 e. The molecule has 20 aromatic rings. The molecule has 0 spiro atoms. The third kappa shape index (κ3) is 10.4. The monoisotopic (exact) mass is 1500 g/mol. The van der Waals surface area contributed by atoms with Crippen molar-refractivity contribution in [2.75, 3.05) is 9.80 Å². The highest BCUT2D eigenvalue weighted by atomic mass is 15.2. The van der Waals surface area contributed by atoms with Gasteiger partial charge in [0.05, 0.1) is 110 Å². The highest BCUT2D eigenvalue weighted by molar-refractivity contribution is 7.00. The average Bonchev–Trinajstić information content (AvgIpc) is 1.19. The molecule has 115 heavy (non-hydrogen) atoms. The lowest BCUT2D eigenvalue weighted by molar-refractivity contribution is 0.590. The Kier molecular flexibility index (Phi) is 9.96. The van der Waals surface area contributed by atoms with Gasteiger partial charge in [-0.05, 0) is 211 Å². The summed E-state index contributed by atoms with van der Waals surface area (Å²) in [5, 5.41) is 23.8. The summed E-state index contributed by atoms with van der Waals surface area (Å²) in [6.07, 6.45) is 0. The first-order valence-electron chi connectivity index (χ1n) is 51.0. The van der Waals surface area contributed by atoms with E-state index in [1.54, 1.807) is 35.2 Å². The van der Waals surface area contributed by atoms with Crippen LogP contribution in [0.5, 0.6) is 0 Å². The molecule has 0 radical (unpaired) electrons. The molecular weight excluding hydrogens is 1400 g/mol. The van der Waals surface area contributed by atoms with Gasteiger partial charge in [-0.2, -0.15) is 10.5 Å². The third-order valence-corrected chi connectivity index (χ3v) is 22.5. The fourth-order valence-electron chi connectivity index (χ4n) is 17.2. The lowest BCUT2D eigenvalue weighted by Gasteiger charge is -2.45. The second-order valence-corrected chi connectivity index (χ2v) is 31.0. The number of para-hydroxylation sites is 4. The standard InChI is InChI=1S/C106H75BN8/c1-105(2,3)73-43-51-96-85(58-73)86-59-74(106(4,5)6)44-52-97(86)111(96)75-45-48-88-100(60-75)113(77-55-71(68-27-12-8-13-28-68)54-72(56-77)69-29-14-9-15-30-69)102-62-78(112-92-37-22-18-33-81(92)82-34-19-23-38-93(82)112)63-103-104(102)107(88)89-49-46-76(110-90-35-20-16-31-79(90)80-32-17-21-36-91(80)110)61-101(89)115(103)95-40-24-39-94(87(95)65-109)114-98-50-41-66(64-108)53-84(98)83-47-42-70(57-99(83)114)67-25-10-7-11-26-67/h7-63H,1-6H3/i7D,10D,11D,16D,17D,18D,19D,20D,21D,22D,23D,25D,26D,31D,32D,33D,34D,35D,36D,37D,38D,41D,42D,47D,50D,53D,57D. The number of hydrogen-bond acceptors (Lipinski definition) is 4. The number of fused-ring (bicyclic) bond motifs is 16. The summed E-state index contributed by atoms with van der Waals surface area (Å²) in [5.74, 6) is 0. The summed E-state index contributed by atoms with van der Waals surface area (Å²) in [6.45, 7) is 11.8. The predicted octanol–water partition coefficient (Wildman–Crippen LogP) is 25.5. The molecule has 4 aromatic heterocycles. The Labute approximate surface area is 705 Å². The van der Waals surface area contributed by atoms with Crippen molar-refractivity contribution in [2.24, 2.45) is 0 Å². The molecule has 16 aromatic carbocycles. The molecule has 2 aliphatic rings. The third-order valence-electron chi connectivity index (χ3n) is 22.5. The van der Waals surface area contributed by atoms with Crippen molar-refractivity contribution in [2.45, 2.75) is 52.4 Å². The number of hydrogen-bond donors (Lipinski definition) is 0. The van der Waals surface area contributed by atoms with Gasteiger partial charge >= 0.3 is 0 Å². The van der Waals surface area contributed by atoms with Gasteiger partial charge in [0.1, 0.15) is 11.6 Å². The van der Waals surface area contributed by atoms with Gasteiger partial charge in [0.25, 0.3) is 6.71 Å². The van der Waals surface area contributed by atoms with Gasteiger partial charge in [0, 0.05) is 82.9 Å². The second-order valence-electron chi connectivity index (χ2n) is 31.0. The number of nitrogens with zero attached hydrogens (tertiary/aromatic N) is 8. The van der Waals surface area contributed by atoms with Crippen molar-refractivity contribution in [1.29, 1.82) is 10.5 Å². The molecule has 22 rings (SSSR count). The van der Waals surface area contributed by atoms with Gasteiger partial charge in [0.2, 0.25) is 0 Å². The van der Waals surface area contributed by atoms with Gasteiger partial charge in [-0.25, -0.2) is 0 Å².